The van der Waals surface area contributed by atoms with Gasteiger partial charge >= 0.3 is 0 Å². The normalized spacial score (nSPS) is 13.7. The van der Waals surface area contributed by atoms with E-state index in [1.54, 1.807) is 36.7 Å². The molecule has 158 valence electrons. The topological polar surface area (TPSA) is 56.8 Å². The SMILES string of the molecule is O=C(CN(C(=O)c1ccc(Cl)cc1)c1ccccc1)N1CCN(c2ccncc2)CC1. The van der Waals surface area contributed by atoms with Gasteiger partial charge in [0.05, 0.1) is 0 Å². The first-order valence-electron chi connectivity index (χ1n) is 10.2. The van der Waals surface area contributed by atoms with Gasteiger partial charge in [-0.1, -0.05) is 29.8 Å². The van der Waals surface area contributed by atoms with Crippen molar-refractivity contribution in [2.45, 2.75) is 0 Å². The first kappa shape index (κ1) is 20.9. The van der Waals surface area contributed by atoms with E-state index < -0.39 is 0 Å². The molecule has 0 bridgehead atoms. The molecule has 7 heteroatoms. The summed E-state index contributed by atoms with van der Waals surface area (Å²) in [6, 6.07) is 19.9. The van der Waals surface area contributed by atoms with Crippen LogP contribution in [0.25, 0.3) is 0 Å². The molecule has 2 amide bonds. The van der Waals surface area contributed by atoms with Crippen molar-refractivity contribution in [3.63, 3.8) is 0 Å². The standard InChI is InChI=1S/C24H23ClN4O2/c25-20-8-6-19(7-9-20)24(31)29(22-4-2-1-3-5-22)18-23(30)28-16-14-27(15-17-28)21-10-12-26-13-11-21/h1-13H,14-18H2. The van der Waals surface area contributed by atoms with E-state index >= 15 is 0 Å². The molecule has 1 aromatic heterocycles. The van der Waals surface area contributed by atoms with Crippen LogP contribution in [-0.4, -0.2) is 54.4 Å². The number of piperazine rings is 1. The minimum absolute atomic E-state index is 0.0132. The Balaban J connectivity index is 1.46. The molecule has 2 aromatic carbocycles. The quantitative estimate of drug-likeness (QED) is 0.614. The lowest BCUT2D eigenvalue weighted by atomic mass is 10.1. The molecule has 31 heavy (non-hydrogen) atoms. The second-order valence-corrected chi connectivity index (χ2v) is 7.74. The lowest BCUT2D eigenvalue weighted by Crippen LogP contribution is -2.52. The van der Waals surface area contributed by atoms with Gasteiger partial charge < -0.3 is 9.80 Å². The highest BCUT2D eigenvalue weighted by atomic mass is 35.5. The van der Waals surface area contributed by atoms with Crippen LogP contribution in [0.5, 0.6) is 0 Å². The van der Waals surface area contributed by atoms with Gasteiger partial charge in [0.1, 0.15) is 6.54 Å². The molecule has 0 spiro atoms. The Kier molecular flexibility index (Phi) is 6.48. The Morgan fingerprint density at radius 2 is 1.52 bits per heavy atom. The van der Waals surface area contributed by atoms with Gasteiger partial charge in [0.25, 0.3) is 5.91 Å². The number of benzene rings is 2. The average Bonchev–Trinajstić information content (AvgIpc) is 2.83. The van der Waals surface area contributed by atoms with E-state index in [9.17, 15) is 9.59 Å². The smallest absolute Gasteiger partial charge is 0.258 e. The molecule has 3 aromatic rings. The molecule has 1 saturated heterocycles. The summed E-state index contributed by atoms with van der Waals surface area (Å²) in [6.07, 6.45) is 3.54. The Labute approximate surface area is 186 Å². The Hall–Kier alpha value is -3.38. The van der Waals surface area contributed by atoms with Crippen molar-refractivity contribution in [2.75, 3.05) is 42.5 Å². The summed E-state index contributed by atoms with van der Waals surface area (Å²) in [5.74, 6) is -0.299. The first-order chi connectivity index (χ1) is 15.1. The van der Waals surface area contributed by atoms with Crippen molar-refractivity contribution in [2.24, 2.45) is 0 Å². The number of hydrogen-bond acceptors (Lipinski definition) is 4. The minimum atomic E-state index is -0.230. The van der Waals surface area contributed by atoms with Crippen LogP contribution in [0.15, 0.2) is 79.1 Å². The molecule has 0 unspecified atom stereocenters. The van der Waals surface area contributed by atoms with E-state index in [-0.39, 0.29) is 18.4 Å². The number of carbonyl (C=O) groups excluding carboxylic acids is 2. The molecular weight excluding hydrogens is 412 g/mol. The fourth-order valence-corrected chi connectivity index (χ4v) is 3.77. The van der Waals surface area contributed by atoms with Gasteiger partial charge in [-0.05, 0) is 48.5 Å². The van der Waals surface area contributed by atoms with E-state index in [1.807, 2.05) is 47.4 Å². The predicted octanol–water partition coefficient (Wildman–Crippen LogP) is 3.73. The van der Waals surface area contributed by atoms with Crippen molar-refractivity contribution in [3.8, 4) is 0 Å². The lowest BCUT2D eigenvalue weighted by molar-refractivity contribution is -0.129. The summed E-state index contributed by atoms with van der Waals surface area (Å²) in [7, 11) is 0. The number of halogens is 1. The zero-order valence-corrected chi connectivity index (χ0v) is 17.8. The number of hydrogen-bond donors (Lipinski definition) is 0. The number of anilines is 2. The number of nitrogens with zero attached hydrogens (tertiary/aromatic N) is 4. The minimum Gasteiger partial charge on any atom is -0.368 e. The van der Waals surface area contributed by atoms with Gasteiger partial charge in [0.15, 0.2) is 0 Å². The molecule has 6 nitrogen and oxygen atoms in total. The van der Waals surface area contributed by atoms with Crippen molar-refractivity contribution < 1.29 is 9.59 Å². The third-order valence-corrected chi connectivity index (χ3v) is 5.61. The number of rotatable bonds is 5. The number of carbonyl (C=O) groups is 2. The monoisotopic (exact) mass is 434 g/mol. The second-order valence-electron chi connectivity index (χ2n) is 7.31. The summed E-state index contributed by atoms with van der Waals surface area (Å²) >= 11 is 5.96. The van der Waals surface area contributed by atoms with Gasteiger partial charge in [-0.15, -0.1) is 0 Å². The van der Waals surface area contributed by atoms with E-state index in [1.165, 1.54) is 4.90 Å². The Morgan fingerprint density at radius 1 is 0.871 bits per heavy atom. The van der Waals surface area contributed by atoms with Crippen LogP contribution < -0.4 is 9.80 Å². The van der Waals surface area contributed by atoms with E-state index in [2.05, 4.69) is 9.88 Å². The number of pyridine rings is 1. The van der Waals surface area contributed by atoms with Crippen molar-refractivity contribution in [3.05, 3.63) is 89.7 Å². The Bertz CT molecular complexity index is 1020. The van der Waals surface area contributed by atoms with Crippen molar-refractivity contribution >= 4 is 34.8 Å². The van der Waals surface area contributed by atoms with Crippen LogP contribution in [0.2, 0.25) is 5.02 Å². The molecule has 2 heterocycles. The van der Waals surface area contributed by atoms with E-state index in [4.69, 9.17) is 11.6 Å². The van der Waals surface area contributed by atoms with Gasteiger partial charge in [-0.3, -0.25) is 19.5 Å². The third kappa shape index (κ3) is 5.03. The fraction of sp³-hybridized carbons (Fsp3) is 0.208. The van der Waals surface area contributed by atoms with Crippen LogP contribution >= 0.6 is 11.6 Å². The number of para-hydroxylation sites is 1. The fourth-order valence-electron chi connectivity index (χ4n) is 3.64. The molecule has 0 saturated carbocycles. The molecule has 1 aliphatic rings. The van der Waals surface area contributed by atoms with Crippen LogP contribution in [0.4, 0.5) is 11.4 Å². The highest BCUT2D eigenvalue weighted by Gasteiger charge is 2.26. The maximum atomic E-state index is 13.2. The summed E-state index contributed by atoms with van der Waals surface area (Å²) in [5.41, 5.74) is 2.28. The highest BCUT2D eigenvalue weighted by molar-refractivity contribution is 6.30. The molecular formula is C24H23ClN4O2. The average molecular weight is 435 g/mol. The van der Waals surface area contributed by atoms with Gasteiger partial charge in [0, 0.05) is 60.5 Å². The zero-order chi connectivity index (χ0) is 21.6. The lowest BCUT2D eigenvalue weighted by Gasteiger charge is -2.37. The van der Waals surface area contributed by atoms with Crippen LogP contribution in [0.3, 0.4) is 0 Å². The maximum Gasteiger partial charge on any atom is 0.258 e. The van der Waals surface area contributed by atoms with Crippen LogP contribution in [0.1, 0.15) is 10.4 Å². The van der Waals surface area contributed by atoms with Crippen LogP contribution in [-0.2, 0) is 4.79 Å². The molecule has 0 aliphatic carbocycles. The molecule has 0 atom stereocenters. The first-order valence-corrected chi connectivity index (χ1v) is 10.5. The molecule has 1 aliphatic heterocycles. The largest absolute Gasteiger partial charge is 0.368 e. The van der Waals surface area contributed by atoms with Crippen molar-refractivity contribution in [1.82, 2.24) is 9.88 Å². The maximum absolute atomic E-state index is 13.2. The predicted molar refractivity (Wildman–Crippen MR) is 123 cm³/mol. The van der Waals surface area contributed by atoms with Crippen molar-refractivity contribution in [1.29, 1.82) is 0 Å². The van der Waals surface area contributed by atoms with E-state index in [0.29, 0.717) is 29.4 Å². The molecule has 0 radical (unpaired) electrons. The third-order valence-electron chi connectivity index (χ3n) is 5.36. The van der Waals surface area contributed by atoms with E-state index in [0.717, 1.165) is 18.8 Å². The van der Waals surface area contributed by atoms with Gasteiger partial charge in [0.2, 0.25) is 5.91 Å². The molecule has 1 fully saturated rings. The number of amides is 2. The number of aromatic nitrogens is 1. The van der Waals surface area contributed by atoms with Gasteiger partial charge in [-0.25, -0.2) is 0 Å². The summed E-state index contributed by atoms with van der Waals surface area (Å²) in [5, 5.41) is 0.561. The highest BCUT2D eigenvalue weighted by Crippen LogP contribution is 2.20. The summed E-state index contributed by atoms with van der Waals surface area (Å²) < 4.78 is 0. The molecule has 4 rings (SSSR count). The second kappa shape index (κ2) is 9.62. The summed E-state index contributed by atoms with van der Waals surface area (Å²) in [6.45, 7) is 2.69. The zero-order valence-electron chi connectivity index (χ0n) is 17.0. The Morgan fingerprint density at radius 3 is 2.16 bits per heavy atom. The van der Waals surface area contributed by atoms with Gasteiger partial charge in [-0.2, -0.15) is 0 Å². The van der Waals surface area contributed by atoms with Crippen LogP contribution in [0, 0.1) is 0 Å². The molecule has 0 N–H and O–H groups in total. The summed E-state index contributed by atoms with van der Waals surface area (Å²) in [4.78, 5) is 35.9.